The van der Waals surface area contributed by atoms with E-state index in [0.717, 1.165) is 38.5 Å². The van der Waals surface area contributed by atoms with Crippen LogP contribution in [0, 0.1) is 0 Å². The van der Waals surface area contributed by atoms with Crippen LogP contribution in [0.5, 0.6) is 0 Å². The highest BCUT2D eigenvalue weighted by atomic mass is 16.2. The average molecular weight is 256 g/mol. The Kier molecular flexibility index (Phi) is 9.10. The Morgan fingerprint density at radius 2 is 1.61 bits per heavy atom. The minimum absolute atomic E-state index is 0.114. The summed E-state index contributed by atoms with van der Waals surface area (Å²) in [5.74, 6) is -2.92. The second kappa shape index (κ2) is 9.76. The van der Waals surface area contributed by atoms with E-state index in [1.54, 1.807) is 0 Å². The van der Waals surface area contributed by atoms with Crippen molar-refractivity contribution < 1.29 is 14.4 Å². The molecule has 0 bridgehead atoms. The standard InChI is InChI=1S/C13H24N2O3/c1-2-7-10(14)8-5-3-4-6-9-11(16)12(17)13(15)18/h10H,2-9,14H2,1H3,(H2,15,18). The summed E-state index contributed by atoms with van der Waals surface area (Å²) >= 11 is 0. The summed E-state index contributed by atoms with van der Waals surface area (Å²) in [6.07, 6.45) is 6.80. The van der Waals surface area contributed by atoms with Crippen LogP contribution in [0.15, 0.2) is 0 Å². The van der Waals surface area contributed by atoms with Gasteiger partial charge in [0.1, 0.15) is 0 Å². The predicted molar refractivity (Wildman–Crippen MR) is 69.8 cm³/mol. The zero-order chi connectivity index (χ0) is 14.0. The number of carbonyl (C=O) groups excluding carboxylic acids is 3. The van der Waals surface area contributed by atoms with Crippen LogP contribution in [0.2, 0.25) is 0 Å². The molecule has 0 heterocycles. The van der Waals surface area contributed by atoms with Gasteiger partial charge in [-0.05, 0) is 19.3 Å². The number of ketones is 2. The first-order valence-electron chi connectivity index (χ1n) is 6.61. The third kappa shape index (κ3) is 7.95. The minimum atomic E-state index is -1.16. The smallest absolute Gasteiger partial charge is 0.292 e. The lowest BCUT2D eigenvalue weighted by Gasteiger charge is -2.09. The SMILES string of the molecule is CCCC(N)CCCCCCC(=O)C(=O)C(N)=O. The van der Waals surface area contributed by atoms with E-state index in [0.29, 0.717) is 6.42 Å². The number of hydrogen-bond acceptors (Lipinski definition) is 4. The van der Waals surface area contributed by atoms with Crippen molar-refractivity contribution in [1.82, 2.24) is 0 Å². The number of carbonyl (C=O) groups is 3. The molecule has 5 heteroatoms. The number of Topliss-reactive ketones (excluding diaryl/α,β-unsaturated/α-hetero) is 2. The molecule has 0 fully saturated rings. The van der Waals surface area contributed by atoms with E-state index in [1.807, 2.05) is 0 Å². The first-order valence-corrected chi connectivity index (χ1v) is 6.61. The highest BCUT2D eigenvalue weighted by Crippen LogP contribution is 2.09. The quantitative estimate of drug-likeness (QED) is 0.328. The topological polar surface area (TPSA) is 103 Å². The van der Waals surface area contributed by atoms with Gasteiger partial charge in [0.15, 0.2) is 0 Å². The summed E-state index contributed by atoms with van der Waals surface area (Å²) in [6.45, 7) is 2.11. The molecule has 4 N–H and O–H groups in total. The first kappa shape index (κ1) is 16.8. The maximum atomic E-state index is 11.1. The Labute approximate surface area is 108 Å². The molecule has 0 aliphatic carbocycles. The molecule has 0 aromatic heterocycles. The molecule has 0 aromatic rings. The van der Waals surface area contributed by atoms with Crippen molar-refractivity contribution in [2.24, 2.45) is 11.5 Å². The van der Waals surface area contributed by atoms with Crippen LogP contribution in [0.1, 0.15) is 58.3 Å². The van der Waals surface area contributed by atoms with E-state index in [2.05, 4.69) is 6.92 Å². The van der Waals surface area contributed by atoms with Gasteiger partial charge in [-0.25, -0.2) is 0 Å². The fraction of sp³-hybridized carbons (Fsp3) is 0.769. The summed E-state index contributed by atoms with van der Waals surface area (Å²) in [5, 5.41) is 0. The van der Waals surface area contributed by atoms with Crippen LogP contribution < -0.4 is 11.5 Å². The van der Waals surface area contributed by atoms with Crippen LogP contribution in [0.25, 0.3) is 0 Å². The van der Waals surface area contributed by atoms with Crippen molar-refractivity contribution in [2.75, 3.05) is 0 Å². The van der Waals surface area contributed by atoms with Gasteiger partial charge in [0.05, 0.1) is 0 Å². The number of primary amides is 1. The van der Waals surface area contributed by atoms with Gasteiger partial charge in [-0.2, -0.15) is 0 Å². The molecule has 1 amide bonds. The number of nitrogens with two attached hydrogens (primary N) is 2. The molecule has 1 atom stereocenters. The fourth-order valence-electron chi connectivity index (χ4n) is 1.81. The van der Waals surface area contributed by atoms with Gasteiger partial charge < -0.3 is 11.5 Å². The van der Waals surface area contributed by atoms with Crippen molar-refractivity contribution in [3.05, 3.63) is 0 Å². The average Bonchev–Trinajstić information content (AvgIpc) is 2.32. The molecule has 0 saturated heterocycles. The monoisotopic (exact) mass is 256 g/mol. The third-order valence-corrected chi connectivity index (χ3v) is 2.87. The Morgan fingerprint density at radius 3 is 2.17 bits per heavy atom. The lowest BCUT2D eigenvalue weighted by atomic mass is 10.0. The van der Waals surface area contributed by atoms with Gasteiger partial charge in [-0.3, -0.25) is 14.4 Å². The highest BCUT2D eigenvalue weighted by Gasteiger charge is 2.18. The summed E-state index contributed by atoms with van der Waals surface area (Å²) in [7, 11) is 0. The van der Waals surface area contributed by atoms with Gasteiger partial charge in [0.2, 0.25) is 5.78 Å². The van der Waals surface area contributed by atoms with Crippen LogP contribution in [-0.2, 0) is 14.4 Å². The summed E-state index contributed by atoms with van der Waals surface area (Å²) in [4.78, 5) is 32.5. The normalized spacial score (nSPS) is 12.1. The van der Waals surface area contributed by atoms with Gasteiger partial charge in [0, 0.05) is 12.5 Å². The molecule has 18 heavy (non-hydrogen) atoms. The fourth-order valence-corrected chi connectivity index (χ4v) is 1.81. The molecular weight excluding hydrogens is 232 g/mol. The molecule has 0 aliphatic heterocycles. The largest absolute Gasteiger partial charge is 0.363 e. The van der Waals surface area contributed by atoms with Gasteiger partial charge in [-0.1, -0.05) is 32.6 Å². The number of unbranched alkanes of at least 4 members (excludes halogenated alkanes) is 3. The molecule has 0 saturated carbocycles. The van der Waals surface area contributed by atoms with Gasteiger partial charge in [-0.15, -0.1) is 0 Å². The Balaban J connectivity index is 3.49. The van der Waals surface area contributed by atoms with Crippen LogP contribution in [-0.4, -0.2) is 23.5 Å². The third-order valence-electron chi connectivity index (χ3n) is 2.87. The van der Waals surface area contributed by atoms with Crippen molar-refractivity contribution in [2.45, 2.75) is 64.3 Å². The minimum Gasteiger partial charge on any atom is -0.363 e. The lowest BCUT2D eigenvalue weighted by molar-refractivity contribution is -0.143. The highest BCUT2D eigenvalue weighted by molar-refractivity contribution is 6.63. The van der Waals surface area contributed by atoms with E-state index in [-0.39, 0.29) is 12.5 Å². The van der Waals surface area contributed by atoms with Crippen LogP contribution in [0.3, 0.4) is 0 Å². The molecule has 5 nitrogen and oxygen atoms in total. The number of hydrogen-bond donors (Lipinski definition) is 2. The Hall–Kier alpha value is -1.23. The second-order valence-electron chi connectivity index (χ2n) is 4.62. The van der Waals surface area contributed by atoms with Crippen molar-refractivity contribution in [1.29, 1.82) is 0 Å². The molecule has 104 valence electrons. The molecule has 0 aromatic carbocycles. The lowest BCUT2D eigenvalue weighted by Crippen LogP contribution is -2.30. The van der Waals surface area contributed by atoms with E-state index in [9.17, 15) is 14.4 Å². The molecule has 0 aliphatic rings. The zero-order valence-corrected chi connectivity index (χ0v) is 11.1. The van der Waals surface area contributed by atoms with Gasteiger partial charge >= 0.3 is 0 Å². The zero-order valence-electron chi connectivity index (χ0n) is 11.1. The Morgan fingerprint density at radius 1 is 1.00 bits per heavy atom. The number of rotatable bonds is 11. The second-order valence-corrected chi connectivity index (χ2v) is 4.62. The van der Waals surface area contributed by atoms with E-state index in [1.165, 1.54) is 0 Å². The van der Waals surface area contributed by atoms with Crippen LogP contribution in [0.4, 0.5) is 0 Å². The maximum Gasteiger partial charge on any atom is 0.292 e. The van der Waals surface area contributed by atoms with Crippen LogP contribution >= 0.6 is 0 Å². The van der Waals surface area contributed by atoms with Crippen molar-refractivity contribution in [3.8, 4) is 0 Å². The summed E-state index contributed by atoms with van der Waals surface area (Å²) in [6, 6.07) is 0.271. The molecule has 1 unspecified atom stereocenters. The van der Waals surface area contributed by atoms with Crippen molar-refractivity contribution in [3.63, 3.8) is 0 Å². The van der Waals surface area contributed by atoms with Crippen molar-refractivity contribution >= 4 is 17.5 Å². The van der Waals surface area contributed by atoms with E-state index >= 15 is 0 Å². The van der Waals surface area contributed by atoms with E-state index in [4.69, 9.17) is 11.5 Å². The molecular formula is C13H24N2O3. The summed E-state index contributed by atoms with van der Waals surface area (Å²) in [5.41, 5.74) is 10.6. The molecule has 0 rings (SSSR count). The first-order chi connectivity index (χ1) is 8.49. The molecule has 0 spiro atoms. The number of amides is 1. The predicted octanol–water partition coefficient (Wildman–Crippen LogP) is 1.08. The maximum absolute atomic E-state index is 11.1. The van der Waals surface area contributed by atoms with Gasteiger partial charge in [0.25, 0.3) is 11.7 Å². The molecule has 0 radical (unpaired) electrons. The van der Waals surface area contributed by atoms with E-state index < -0.39 is 17.5 Å². The Bertz CT molecular complexity index is 290. The summed E-state index contributed by atoms with van der Waals surface area (Å²) < 4.78 is 0.